The van der Waals surface area contributed by atoms with Crippen LogP contribution in [0.4, 0.5) is 10.8 Å². The van der Waals surface area contributed by atoms with E-state index in [9.17, 15) is 0 Å². The van der Waals surface area contributed by atoms with Crippen LogP contribution in [0.5, 0.6) is 0 Å². The lowest BCUT2D eigenvalue weighted by molar-refractivity contribution is 0.808. The van der Waals surface area contributed by atoms with Crippen LogP contribution in [0.3, 0.4) is 0 Å². The van der Waals surface area contributed by atoms with Crippen molar-refractivity contribution in [2.45, 2.75) is 20.4 Å². The maximum Gasteiger partial charge on any atom is 0.205 e. The second-order valence-electron chi connectivity index (χ2n) is 4.05. The lowest BCUT2D eigenvalue weighted by atomic mass is 10.2. The van der Waals surface area contributed by atoms with Gasteiger partial charge < -0.3 is 10.2 Å². The summed E-state index contributed by atoms with van der Waals surface area (Å²) in [6, 6.07) is 8.43. The molecule has 0 amide bonds. The van der Waals surface area contributed by atoms with Gasteiger partial charge in [-0.2, -0.15) is 0 Å². The van der Waals surface area contributed by atoms with E-state index in [-0.39, 0.29) is 0 Å². The Labute approximate surface area is 112 Å². The maximum atomic E-state index is 4.19. The molecule has 96 valence electrons. The van der Waals surface area contributed by atoms with Crippen molar-refractivity contribution in [1.82, 2.24) is 10.2 Å². The number of aromatic nitrogens is 2. The van der Waals surface area contributed by atoms with E-state index < -0.39 is 0 Å². The molecule has 0 saturated carbocycles. The predicted octanol–water partition coefficient (Wildman–Crippen LogP) is 2.91. The minimum Gasteiger partial charge on any atom is -0.365 e. The molecule has 1 N–H and O–H groups in total. The number of rotatable bonds is 5. The Kier molecular flexibility index (Phi) is 4.15. The van der Waals surface area contributed by atoms with Gasteiger partial charge in [-0.15, -0.1) is 10.2 Å². The first-order valence-electron chi connectivity index (χ1n) is 6.05. The van der Waals surface area contributed by atoms with Gasteiger partial charge in [0.1, 0.15) is 5.01 Å². The molecular formula is C13H18N4S. The third-order valence-corrected chi connectivity index (χ3v) is 3.77. The van der Waals surface area contributed by atoms with Gasteiger partial charge in [-0.3, -0.25) is 0 Å². The molecule has 0 radical (unpaired) electrons. The Morgan fingerprint density at radius 2 is 2.06 bits per heavy atom. The molecular weight excluding hydrogens is 244 g/mol. The van der Waals surface area contributed by atoms with E-state index in [0.717, 1.165) is 23.2 Å². The van der Waals surface area contributed by atoms with E-state index in [1.165, 1.54) is 11.3 Å². The van der Waals surface area contributed by atoms with Crippen LogP contribution in [0.25, 0.3) is 0 Å². The smallest absolute Gasteiger partial charge is 0.205 e. The third-order valence-electron chi connectivity index (χ3n) is 2.84. The Bertz CT molecular complexity index is 509. The molecule has 5 heteroatoms. The van der Waals surface area contributed by atoms with E-state index in [0.29, 0.717) is 0 Å². The Morgan fingerprint density at radius 1 is 1.28 bits per heavy atom. The molecule has 0 fully saturated rings. The zero-order valence-electron chi connectivity index (χ0n) is 11.0. The highest BCUT2D eigenvalue weighted by Crippen LogP contribution is 2.23. The third kappa shape index (κ3) is 2.79. The molecule has 0 aliphatic rings. The summed E-state index contributed by atoms with van der Waals surface area (Å²) in [5, 5.41) is 13.2. The van der Waals surface area contributed by atoms with Crippen molar-refractivity contribution in [2.24, 2.45) is 0 Å². The van der Waals surface area contributed by atoms with E-state index in [4.69, 9.17) is 0 Å². The molecule has 0 bridgehead atoms. The van der Waals surface area contributed by atoms with Crippen LogP contribution in [0.2, 0.25) is 0 Å². The standard InChI is InChI=1S/C13H18N4S/c1-4-17(11-8-6-5-7-10(11)2)9-12-15-16-13(14-3)18-12/h5-8H,4,9H2,1-3H3,(H,14,16). The SMILES string of the molecule is CCN(Cc1nnc(NC)s1)c1ccccc1C. The van der Waals surface area contributed by atoms with Gasteiger partial charge in [0.15, 0.2) is 0 Å². The lowest BCUT2D eigenvalue weighted by Crippen LogP contribution is -2.22. The highest BCUT2D eigenvalue weighted by Gasteiger charge is 2.10. The van der Waals surface area contributed by atoms with Crippen LogP contribution in [0.15, 0.2) is 24.3 Å². The van der Waals surface area contributed by atoms with Crippen LogP contribution < -0.4 is 10.2 Å². The number of para-hydroxylation sites is 1. The minimum absolute atomic E-state index is 0.806. The summed E-state index contributed by atoms with van der Waals surface area (Å²) in [4.78, 5) is 2.31. The first-order valence-corrected chi connectivity index (χ1v) is 6.87. The molecule has 0 unspecified atom stereocenters. The summed E-state index contributed by atoms with van der Waals surface area (Å²) in [5.74, 6) is 0. The van der Waals surface area contributed by atoms with Gasteiger partial charge in [-0.25, -0.2) is 0 Å². The average Bonchev–Trinajstić information content (AvgIpc) is 2.85. The van der Waals surface area contributed by atoms with Crippen molar-refractivity contribution >= 4 is 22.2 Å². The molecule has 18 heavy (non-hydrogen) atoms. The maximum absolute atomic E-state index is 4.19. The van der Waals surface area contributed by atoms with Gasteiger partial charge in [0, 0.05) is 19.3 Å². The molecule has 1 heterocycles. The number of nitrogens with one attached hydrogen (secondary N) is 1. The molecule has 0 aliphatic heterocycles. The topological polar surface area (TPSA) is 41.1 Å². The van der Waals surface area contributed by atoms with Crippen molar-refractivity contribution in [2.75, 3.05) is 23.8 Å². The molecule has 2 rings (SSSR count). The molecule has 2 aromatic rings. The summed E-state index contributed by atoms with van der Waals surface area (Å²) < 4.78 is 0. The van der Waals surface area contributed by atoms with Crippen LogP contribution in [-0.2, 0) is 6.54 Å². The van der Waals surface area contributed by atoms with Crippen LogP contribution in [0.1, 0.15) is 17.5 Å². The molecule has 1 aromatic carbocycles. The van der Waals surface area contributed by atoms with E-state index in [1.807, 2.05) is 7.05 Å². The van der Waals surface area contributed by atoms with Gasteiger partial charge in [0.25, 0.3) is 0 Å². The molecule has 4 nitrogen and oxygen atoms in total. The second kappa shape index (κ2) is 5.82. The van der Waals surface area contributed by atoms with Crippen LogP contribution in [-0.4, -0.2) is 23.8 Å². The fourth-order valence-electron chi connectivity index (χ4n) is 1.87. The van der Waals surface area contributed by atoms with Crippen LogP contribution in [0, 0.1) is 6.92 Å². The monoisotopic (exact) mass is 262 g/mol. The van der Waals surface area contributed by atoms with Crippen molar-refractivity contribution in [1.29, 1.82) is 0 Å². The first kappa shape index (κ1) is 12.8. The van der Waals surface area contributed by atoms with Gasteiger partial charge >= 0.3 is 0 Å². The zero-order chi connectivity index (χ0) is 13.0. The highest BCUT2D eigenvalue weighted by atomic mass is 32.1. The van der Waals surface area contributed by atoms with E-state index in [2.05, 4.69) is 58.5 Å². The number of benzene rings is 1. The summed E-state index contributed by atoms with van der Waals surface area (Å²) in [6.45, 7) is 6.06. The number of hydrogen-bond donors (Lipinski definition) is 1. The van der Waals surface area contributed by atoms with Crippen molar-refractivity contribution in [3.63, 3.8) is 0 Å². The van der Waals surface area contributed by atoms with Gasteiger partial charge in [0.05, 0.1) is 6.54 Å². The highest BCUT2D eigenvalue weighted by molar-refractivity contribution is 7.15. The quantitative estimate of drug-likeness (QED) is 0.899. The summed E-state index contributed by atoms with van der Waals surface area (Å²) in [6.07, 6.45) is 0. The van der Waals surface area contributed by atoms with Crippen LogP contribution >= 0.6 is 11.3 Å². The molecule has 0 aliphatic carbocycles. The normalized spacial score (nSPS) is 10.4. The van der Waals surface area contributed by atoms with Crippen molar-refractivity contribution < 1.29 is 0 Å². The fraction of sp³-hybridized carbons (Fsp3) is 0.385. The lowest BCUT2D eigenvalue weighted by Gasteiger charge is -2.23. The average molecular weight is 262 g/mol. The number of hydrogen-bond acceptors (Lipinski definition) is 5. The Hall–Kier alpha value is -1.62. The number of anilines is 2. The summed E-state index contributed by atoms with van der Waals surface area (Å²) in [7, 11) is 1.86. The van der Waals surface area contributed by atoms with Crippen molar-refractivity contribution in [3.8, 4) is 0 Å². The largest absolute Gasteiger partial charge is 0.365 e. The minimum atomic E-state index is 0.806. The van der Waals surface area contributed by atoms with E-state index >= 15 is 0 Å². The summed E-state index contributed by atoms with van der Waals surface area (Å²) >= 11 is 1.60. The second-order valence-corrected chi connectivity index (χ2v) is 5.11. The molecule has 0 atom stereocenters. The Balaban J connectivity index is 2.17. The van der Waals surface area contributed by atoms with Crippen molar-refractivity contribution in [3.05, 3.63) is 34.8 Å². The van der Waals surface area contributed by atoms with E-state index in [1.54, 1.807) is 11.3 Å². The molecule has 1 aromatic heterocycles. The zero-order valence-corrected chi connectivity index (χ0v) is 11.8. The number of nitrogens with zero attached hydrogens (tertiary/aromatic N) is 3. The first-order chi connectivity index (χ1) is 8.74. The van der Waals surface area contributed by atoms with Gasteiger partial charge in [0.2, 0.25) is 5.13 Å². The molecule has 0 spiro atoms. The predicted molar refractivity (Wildman–Crippen MR) is 77.4 cm³/mol. The summed E-state index contributed by atoms with van der Waals surface area (Å²) in [5.41, 5.74) is 2.55. The fourth-order valence-corrected chi connectivity index (χ4v) is 2.58. The number of aryl methyl sites for hydroxylation is 1. The Morgan fingerprint density at radius 3 is 2.67 bits per heavy atom. The molecule has 0 saturated heterocycles. The van der Waals surface area contributed by atoms with Gasteiger partial charge in [-0.1, -0.05) is 29.5 Å². The van der Waals surface area contributed by atoms with Gasteiger partial charge in [-0.05, 0) is 25.5 Å².